The van der Waals surface area contributed by atoms with Crippen molar-refractivity contribution in [3.8, 4) is 5.75 Å². The van der Waals surface area contributed by atoms with E-state index in [2.05, 4.69) is 22.2 Å². The van der Waals surface area contributed by atoms with E-state index >= 15 is 0 Å². The Morgan fingerprint density at radius 3 is 2.50 bits per heavy atom. The summed E-state index contributed by atoms with van der Waals surface area (Å²) in [6.07, 6.45) is 1.86. The van der Waals surface area contributed by atoms with Crippen molar-refractivity contribution in [2.24, 2.45) is 0 Å². The third-order valence-electron chi connectivity index (χ3n) is 3.57. The molecule has 2 aromatic rings. The number of aryl methyl sites for hydroxylation is 2. The fourth-order valence-electron chi connectivity index (χ4n) is 2.35. The molecule has 0 unspecified atom stereocenters. The molecule has 0 aliphatic rings. The third kappa shape index (κ3) is 6.16. The Labute approximate surface area is 153 Å². The number of hydrazine groups is 1. The van der Waals surface area contributed by atoms with E-state index in [1.807, 2.05) is 32.9 Å². The zero-order valence-electron chi connectivity index (χ0n) is 15.3. The van der Waals surface area contributed by atoms with E-state index in [1.165, 1.54) is 6.07 Å². The van der Waals surface area contributed by atoms with Gasteiger partial charge in [-0.05, 0) is 55.7 Å². The van der Waals surface area contributed by atoms with Gasteiger partial charge in [-0.15, -0.1) is 0 Å². The number of unbranched alkanes of at least 4 members (excludes halogenated alkanes) is 1. The number of hydrogen-bond donors (Lipinski definition) is 3. The average molecular weight is 359 g/mol. The largest absolute Gasteiger partial charge is 0.486 e. The Balaban J connectivity index is 1.80. The van der Waals surface area contributed by atoms with Crippen LogP contribution in [-0.4, -0.2) is 18.5 Å². The standard InChI is InChI=1S/C19H25N3O4/c1-4-5-8-20-19(24)22-21-18(23)17-7-6-15(26-17)12-25-16-10-13(2)9-14(3)11-16/h6-7,9-11H,4-5,8,12H2,1-3H3,(H,21,23)(H2,20,22,24). The highest BCUT2D eigenvalue weighted by atomic mass is 16.5. The number of ether oxygens (including phenoxy) is 1. The van der Waals surface area contributed by atoms with Crippen molar-refractivity contribution in [1.82, 2.24) is 16.2 Å². The van der Waals surface area contributed by atoms with Crippen LogP contribution in [0.3, 0.4) is 0 Å². The molecule has 0 atom stereocenters. The molecule has 26 heavy (non-hydrogen) atoms. The smallest absolute Gasteiger partial charge is 0.333 e. The van der Waals surface area contributed by atoms with Gasteiger partial charge >= 0.3 is 11.9 Å². The van der Waals surface area contributed by atoms with Crippen molar-refractivity contribution in [1.29, 1.82) is 0 Å². The third-order valence-corrected chi connectivity index (χ3v) is 3.57. The molecule has 140 valence electrons. The van der Waals surface area contributed by atoms with Crippen molar-refractivity contribution in [2.75, 3.05) is 6.54 Å². The topological polar surface area (TPSA) is 92.6 Å². The molecule has 1 aromatic carbocycles. The minimum absolute atomic E-state index is 0.0953. The summed E-state index contributed by atoms with van der Waals surface area (Å²) in [4.78, 5) is 23.5. The summed E-state index contributed by atoms with van der Waals surface area (Å²) < 4.78 is 11.1. The molecule has 7 heteroatoms. The van der Waals surface area contributed by atoms with Gasteiger partial charge in [0.2, 0.25) is 0 Å². The van der Waals surface area contributed by atoms with Gasteiger partial charge in [0.1, 0.15) is 18.1 Å². The van der Waals surface area contributed by atoms with Crippen LogP contribution in [0, 0.1) is 13.8 Å². The summed E-state index contributed by atoms with van der Waals surface area (Å²) >= 11 is 0. The highest BCUT2D eigenvalue weighted by Gasteiger charge is 2.12. The van der Waals surface area contributed by atoms with Gasteiger partial charge in [0.15, 0.2) is 5.76 Å². The summed E-state index contributed by atoms with van der Waals surface area (Å²) in [5.41, 5.74) is 6.80. The van der Waals surface area contributed by atoms with Gasteiger partial charge in [0, 0.05) is 6.54 Å². The Morgan fingerprint density at radius 2 is 1.81 bits per heavy atom. The van der Waals surface area contributed by atoms with E-state index in [1.54, 1.807) is 6.07 Å². The molecule has 2 rings (SSSR count). The molecule has 0 spiro atoms. The number of benzene rings is 1. The minimum Gasteiger partial charge on any atom is -0.486 e. The number of rotatable bonds is 7. The van der Waals surface area contributed by atoms with E-state index in [9.17, 15) is 9.59 Å². The van der Waals surface area contributed by atoms with Crippen LogP contribution in [0.25, 0.3) is 0 Å². The zero-order valence-corrected chi connectivity index (χ0v) is 15.3. The first-order valence-electron chi connectivity index (χ1n) is 8.62. The van der Waals surface area contributed by atoms with Crippen molar-refractivity contribution < 1.29 is 18.7 Å². The predicted octanol–water partition coefficient (Wildman–Crippen LogP) is 3.22. The second-order valence-electron chi connectivity index (χ2n) is 6.07. The van der Waals surface area contributed by atoms with Crippen LogP contribution in [0.4, 0.5) is 4.79 Å². The zero-order chi connectivity index (χ0) is 18.9. The molecular formula is C19H25N3O4. The van der Waals surface area contributed by atoms with E-state index < -0.39 is 11.9 Å². The Kier molecular flexibility index (Phi) is 7.08. The van der Waals surface area contributed by atoms with Gasteiger partial charge in [0.05, 0.1) is 0 Å². The van der Waals surface area contributed by atoms with Gasteiger partial charge in [-0.1, -0.05) is 19.4 Å². The maximum absolute atomic E-state index is 12.0. The first kappa shape index (κ1) is 19.4. The highest BCUT2D eigenvalue weighted by molar-refractivity contribution is 5.92. The maximum atomic E-state index is 12.0. The molecule has 0 bridgehead atoms. The first-order chi connectivity index (χ1) is 12.5. The number of nitrogens with one attached hydrogen (secondary N) is 3. The summed E-state index contributed by atoms with van der Waals surface area (Å²) in [5.74, 6) is 0.822. The Morgan fingerprint density at radius 1 is 1.08 bits per heavy atom. The van der Waals surface area contributed by atoms with Crippen LogP contribution in [0.2, 0.25) is 0 Å². The Hall–Kier alpha value is -2.96. The van der Waals surface area contributed by atoms with E-state index in [0.29, 0.717) is 12.3 Å². The van der Waals surface area contributed by atoms with Crippen LogP contribution in [0.1, 0.15) is 47.2 Å². The van der Waals surface area contributed by atoms with Gasteiger partial charge in [-0.2, -0.15) is 0 Å². The van der Waals surface area contributed by atoms with Crippen molar-refractivity contribution >= 4 is 11.9 Å². The second kappa shape index (κ2) is 9.50. The minimum atomic E-state index is -0.534. The second-order valence-corrected chi connectivity index (χ2v) is 6.07. The highest BCUT2D eigenvalue weighted by Crippen LogP contribution is 2.18. The summed E-state index contributed by atoms with van der Waals surface area (Å²) in [5, 5.41) is 2.63. The summed E-state index contributed by atoms with van der Waals surface area (Å²) in [7, 11) is 0. The van der Waals surface area contributed by atoms with Gasteiger partial charge in [-0.3, -0.25) is 10.2 Å². The number of hydrogen-bond acceptors (Lipinski definition) is 4. The molecule has 0 saturated heterocycles. The van der Waals surface area contributed by atoms with Gasteiger partial charge < -0.3 is 14.5 Å². The molecule has 1 aromatic heterocycles. The lowest BCUT2D eigenvalue weighted by Gasteiger charge is -2.08. The fourth-order valence-corrected chi connectivity index (χ4v) is 2.35. The van der Waals surface area contributed by atoms with E-state index in [4.69, 9.17) is 9.15 Å². The fraction of sp³-hybridized carbons (Fsp3) is 0.368. The van der Waals surface area contributed by atoms with Crippen LogP contribution in [-0.2, 0) is 6.61 Å². The molecule has 0 saturated carbocycles. The lowest BCUT2D eigenvalue weighted by atomic mass is 10.1. The quantitative estimate of drug-likeness (QED) is 0.523. The SMILES string of the molecule is CCCCNC(=O)NNC(=O)c1ccc(COc2cc(C)cc(C)c2)o1. The van der Waals surface area contributed by atoms with Gasteiger partial charge in [-0.25, -0.2) is 10.2 Å². The molecule has 3 N–H and O–H groups in total. The van der Waals surface area contributed by atoms with Crippen LogP contribution < -0.4 is 20.9 Å². The molecular weight excluding hydrogens is 334 g/mol. The number of carbonyl (C=O) groups excluding carboxylic acids is 2. The van der Waals surface area contributed by atoms with Crippen LogP contribution in [0.15, 0.2) is 34.7 Å². The number of urea groups is 1. The van der Waals surface area contributed by atoms with Crippen molar-refractivity contribution in [3.05, 3.63) is 53.0 Å². The van der Waals surface area contributed by atoms with Crippen LogP contribution >= 0.6 is 0 Å². The molecule has 0 fully saturated rings. The number of amides is 3. The normalized spacial score (nSPS) is 10.3. The molecule has 0 aliphatic carbocycles. The van der Waals surface area contributed by atoms with Crippen LogP contribution in [0.5, 0.6) is 5.75 Å². The molecule has 0 radical (unpaired) electrons. The van der Waals surface area contributed by atoms with E-state index in [0.717, 1.165) is 29.7 Å². The molecule has 1 heterocycles. The first-order valence-corrected chi connectivity index (χ1v) is 8.62. The molecule has 7 nitrogen and oxygen atoms in total. The van der Waals surface area contributed by atoms with Crippen molar-refractivity contribution in [2.45, 2.75) is 40.2 Å². The predicted molar refractivity (Wildman–Crippen MR) is 97.9 cm³/mol. The lowest BCUT2D eigenvalue weighted by Crippen LogP contribution is -2.47. The molecule has 3 amide bonds. The number of carbonyl (C=O) groups is 2. The summed E-state index contributed by atoms with van der Waals surface area (Å²) in [6, 6.07) is 8.67. The average Bonchev–Trinajstić information content (AvgIpc) is 3.06. The monoisotopic (exact) mass is 359 g/mol. The van der Waals surface area contributed by atoms with Gasteiger partial charge in [0.25, 0.3) is 0 Å². The Bertz CT molecular complexity index is 735. The maximum Gasteiger partial charge on any atom is 0.333 e. The number of furan rings is 1. The summed E-state index contributed by atoms with van der Waals surface area (Å²) in [6.45, 7) is 6.79. The van der Waals surface area contributed by atoms with Crippen molar-refractivity contribution in [3.63, 3.8) is 0 Å². The molecule has 0 aliphatic heterocycles. The lowest BCUT2D eigenvalue weighted by molar-refractivity contribution is 0.0904. The van der Waals surface area contributed by atoms with E-state index in [-0.39, 0.29) is 12.4 Å².